The second-order valence-electron chi connectivity index (χ2n) is 4.95. The van der Waals surface area contributed by atoms with Gasteiger partial charge in [0.25, 0.3) is 5.91 Å². The van der Waals surface area contributed by atoms with E-state index in [1.807, 2.05) is 18.2 Å². The standard InChI is InChI=1S/C14H18N6O/c21-13(11-4-2-1-3-5-11)17-14-16-12(18-19-14)10-20-8-6-15-7-9-20/h1-5,15H,6-10H2,(H2,16,17,18,19,21). The minimum Gasteiger partial charge on any atom is -0.314 e. The molecule has 3 N–H and O–H groups in total. The van der Waals surface area contributed by atoms with Crippen molar-refractivity contribution in [3.05, 3.63) is 41.7 Å². The van der Waals surface area contributed by atoms with Crippen molar-refractivity contribution in [1.29, 1.82) is 0 Å². The summed E-state index contributed by atoms with van der Waals surface area (Å²) >= 11 is 0. The van der Waals surface area contributed by atoms with Gasteiger partial charge in [-0.05, 0) is 12.1 Å². The Morgan fingerprint density at radius 1 is 1.24 bits per heavy atom. The van der Waals surface area contributed by atoms with Crippen molar-refractivity contribution < 1.29 is 4.79 Å². The summed E-state index contributed by atoms with van der Waals surface area (Å²) in [6, 6.07) is 9.02. The molecule has 0 bridgehead atoms. The van der Waals surface area contributed by atoms with Crippen molar-refractivity contribution in [3.8, 4) is 0 Å². The van der Waals surface area contributed by atoms with E-state index in [0.29, 0.717) is 11.5 Å². The number of aromatic amines is 1. The molecule has 7 nitrogen and oxygen atoms in total. The minimum atomic E-state index is -0.205. The average Bonchev–Trinajstić information content (AvgIpc) is 2.96. The predicted molar refractivity (Wildman–Crippen MR) is 78.9 cm³/mol. The molecule has 1 aliphatic heterocycles. The molecule has 110 valence electrons. The number of carbonyl (C=O) groups excluding carboxylic acids is 1. The molecule has 21 heavy (non-hydrogen) atoms. The van der Waals surface area contributed by atoms with Crippen LogP contribution in [0.1, 0.15) is 16.2 Å². The fourth-order valence-electron chi connectivity index (χ4n) is 2.27. The van der Waals surface area contributed by atoms with Gasteiger partial charge in [0.05, 0.1) is 6.54 Å². The molecule has 1 saturated heterocycles. The van der Waals surface area contributed by atoms with Crippen LogP contribution >= 0.6 is 0 Å². The van der Waals surface area contributed by atoms with Crippen LogP contribution in [-0.2, 0) is 6.54 Å². The molecule has 1 aliphatic rings. The quantitative estimate of drug-likeness (QED) is 0.760. The largest absolute Gasteiger partial charge is 0.314 e. The number of anilines is 1. The highest BCUT2D eigenvalue weighted by Gasteiger charge is 2.13. The van der Waals surface area contributed by atoms with Gasteiger partial charge in [0.15, 0.2) is 0 Å². The number of benzene rings is 1. The van der Waals surface area contributed by atoms with Crippen LogP contribution in [0.4, 0.5) is 5.95 Å². The Balaban J connectivity index is 1.58. The van der Waals surface area contributed by atoms with E-state index in [2.05, 4.69) is 30.7 Å². The number of carbonyl (C=O) groups is 1. The molecule has 0 saturated carbocycles. The van der Waals surface area contributed by atoms with Gasteiger partial charge in [0.1, 0.15) is 5.82 Å². The van der Waals surface area contributed by atoms with Crippen molar-refractivity contribution in [2.45, 2.75) is 6.54 Å². The number of H-pyrrole nitrogens is 1. The maximum absolute atomic E-state index is 12.0. The highest BCUT2D eigenvalue weighted by atomic mass is 16.1. The first-order valence-corrected chi connectivity index (χ1v) is 7.02. The van der Waals surface area contributed by atoms with E-state index in [4.69, 9.17) is 0 Å². The van der Waals surface area contributed by atoms with E-state index >= 15 is 0 Å². The summed E-state index contributed by atoms with van der Waals surface area (Å²) in [5, 5.41) is 12.9. The molecule has 0 spiro atoms. The number of hydrogen-bond acceptors (Lipinski definition) is 5. The van der Waals surface area contributed by atoms with E-state index < -0.39 is 0 Å². The van der Waals surface area contributed by atoms with Crippen LogP contribution in [0.3, 0.4) is 0 Å². The third-order valence-corrected chi connectivity index (χ3v) is 3.38. The summed E-state index contributed by atoms with van der Waals surface area (Å²) in [6.07, 6.45) is 0. The molecule has 0 radical (unpaired) electrons. The van der Waals surface area contributed by atoms with Gasteiger partial charge in [-0.15, -0.1) is 5.10 Å². The van der Waals surface area contributed by atoms with E-state index in [1.165, 1.54) is 0 Å². The van der Waals surface area contributed by atoms with Crippen LogP contribution in [0.2, 0.25) is 0 Å². The molecule has 1 amide bonds. The van der Waals surface area contributed by atoms with Crippen molar-refractivity contribution in [1.82, 2.24) is 25.4 Å². The zero-order valence-corrected chi connectivity index (χ0v) is 11.7. The van der Waals surface area contributed by atoms with Crippen LogP contribution in [0.15, 0.2) is 30.3 Å². The molecular weight excluding hydrogens is 268 g/mol. The van der Waals surface area contributed by atoms with Crippen molar-refractivity contribution in [2.24, 2.45) is 0 Å². The second-order valence-corrected chi connectivity index (χ2v) is 4.95. The smallest absolute Gasteiger partial charge is 0.258 e. The van der Waals surface area contributed by atoms with E-state index in [-0.39, 0.29) is 5.91 Å². The molecular formula is C14H18N6O. The van der Waals surface area contributed by atoms with Gasteiger partial charge in [0, 0.05) is 31.7 Å². The second kappa shape index (κ2) is 6.47. The van der Waals surface area contributed by atoms with E-state index in [0.717, 1.165) is 38.5 Å². The molecule has 0 atom stereocenters. The van der Waals surface area contributed by atoms with Gasteiger partial charge >= 0.3 is 0 Å². The lowest BCUT2D eigenvalue weighted by atomic mass is 10.2. The number of amides is 1. The van der Waals surface area contributed by atoms with Crippen molar-refractivity contribution >= 4 is 11.9 Å². The number of aromatic nitrogens is 3. The third kappa shape index (κ3) is 3.65. The minimum absolute atomic E-state index is 0.205. The van der Waals surface area contributed by atoms with Crippen LogP contribution in [0.5, 0.6) is 0 Å². The zero-order chi connectivity index (χ0) is 14.5. The Hall–Kier alpha value is -2.25. The third-order valence-electron chi connectivity index (χ3n) is 3.38. The first-order valence-electron chi connectivity index (χ1n) is 7.02. The molecule has 1 aromatic heterocycles. The summed E-state index contributed by atoms with van der Waals surface area (Å²) in [5.74, 6) is 0.873. The van der Waals surface area contributed by atoms with Crippen LogP contribution in [-0.4, -0.2) is 52.2 Å². The normalized spacial score (nSPS) is 15.8. The Labute approximate surface area is 122 Å². The lowest BCUT2D eigenvalue weighted by Crippen LogP contribution is -2.43. The van der Waals surface area contributed by atoms with Crippen LogP contribution < -0.4 is 10.6 Å². The number of nitrogens with one attached hydrogen (secondary N) is 3. The van der Waals surface area contributed by atoms with Crippen LogP contribution in [0, 0.1) is 0 Å². The Morgan fingerprint density at radius 2 is 2.00 bits per heavy atom. The fourth-order valence-corrected chi connectivity index (χ4v) is 2.27. The molecule has 2 aromatic rings. The molecule has 1 fully saturated rings. The average molecular weight is 286 g/mol. The Kier molecular flexibility index (Phi) is 4.23. The van der Waals surface area contributed by atoms with Gasteiger partial charge in [0.2, 0.25) is 5.95 Å². The maximum Gasteiger partial charge on any atom is 0.258 e. The number of piperazine rings is 1. The molecule has 0 unspecified atom stereocenters. The number of nitrogens with zero attached hydrogens (tertiary/aromatic N) is 3. The topological polar surface area (TPSA) is 85.9 Å². The summed E-state index contributed by atoms with van der Waals surface area (Å²) in [4.78, 5) is 18.6. The zero-order valence-electron chi connectivity index (χ0n) is 11.7. The van der Waals surface area contributed by atoms with Crippen molar-refractivity contribution in [2.75, 3.05) is 31.5 Å². The molecule has 1 aromatic carbocycles. The number of rotatable bonds is 4. The van der Waals surface area contributed by atoms with Crippen molar-refractivity contribution in [3.63, 3.8) is 0 Å². The highest BCUT2D eigenvalue weighted by Crippen LogP contribution is 2.06. The Morgan fingerprint density at radius 3 is 2.76 bits per heavy atom. The predicted octanol–water partition coefficient (Wildman–Crippen LogP) is 0.462. The molecule has 7 heteroatoms. The van der Waals surface area contributed by atoms with E-state index in [9.17, 15) is 4.79 Å². The summed E-state index contributed by atoms with van der Waals surface area (Å²) in [7, 11) is 0. The van der Waals surface area contributed by atoms with Gasteiger partial charge in [-0.25, -0.2) is 0 Å². The fraction of sp³-hybridized carbons (Fsp3) is 0.357. The lowest BCUT2D eigenvalue weighted by molar-refractivity contribution is 0.102. The first-order chi connectivity index (χ1) is 10.3. The molecule has 3 rings (SSSR count). The molecule has 0 aliphatic carbocycles. The van der Waals surface area contributed by atoms with Crippen LogP contribution in [0.25, 0.3) is 0 Å². The Bertz CT molecular complexity index is 591. The summed E-state index contributed by atoms with van der Waals surface area (Å²) in [6.45, 7) is 4.69. The first kappa shape index (κ1) is 13.7. The summed E-state index contributed by atoms with van der Waals surface area (Å²) < 4.78 is 0. The number of hydrogen-bond donors (Lipinski definition) is 3. The van der Waals surface area contributed by atoms with Gasteiger partial charge in [-0.1, -0.05) is 18.2 Å². The highest BCUT2D eigenvalue weighted by molar-refractivity contribution is 6.03. The molecule has 2 heterocycles. The van der Waals surface area contributed by atoms with Gasteiger partial charge in [-0.3, -0.25) is 20.1 Å². The van der Waals surface area contributed by atoms with Gasteiger partial charge < -0.3 is 5.32 Å². The van der Waals surface area contributed by atoms with E-state index in [1.54, 1.807) is 12.1 Å². The van der Waals surface area contributed by atoms with Gasteiger partial charge in [-0.2, -0.15) is 4.98 Å². The monoisotopic (exact) mass is 286 g/mol. The SMILES string of the molecule is O=C(Nc1n[nH]c(CN2CCNCC2)n1)c1ccccc1. The lowest BCUT2D eigenvalue weighted by Gasteiger charge is -2.25. The maximum atomic E-state index is 12.0. The summed E-state index contributed by atoms with van der Waals surface area (Å²) in [5.41, 5.74) is 0.589.